The molecule has 91 heavy (non-hydrogen) atoms. The quantitative estimate of drug-likeness (QED) is 0.0161. The summed E-state index contributed by atoms with van der Waals surface area (Å²) in [6.45, 7) is 15.8. The first-order chi connectivity index (χ1) is 43.5. The molecule has 0 bridgehead atoms. The van der Waals surface area contributed by atoms with Gasteiger partial charge in [-0.15, -0.1) is 0 Å². The van der Waals surface area contributed by atoms with Crippen LogP contribution in [0.3, 0.4) is 0 Å². The van der Waals surface area contributed by atoms with Crippen molar-refractivity contribution in [3.8, 4) is 5.75 Å². The number of nitrogens with two attached hydrogens (primary N) is 1. The van der Waals surface area contributed by atoms with Gasteiger partial charge in [0.15, 0.2) is 11.9 Å². The Balaban J connectivity index is 1.09. The molecule has 3 aromatic carbocycles. The van der Waals surface area contributed by atoms with Crippen LogP contribution in [0.1, 0.15) is 128 Å². The van der Waals surface area contributed by atoms with Gasteiger partial charge in [0.05, 0.1) is 75.9 Å². The second-order valence-electron chi connectivity index (χ2n) is 24.5. The normalized spacial score (nSPS) is 20.1. The van der Waals surface area contributed by atoms with E-state index >= 15 is 0 Å². The molecule has 2 heterocycles. The summed E-state index contributed by atoms with van der Waals surface area (Å²) in [5.74, 6) is -4.34. The molecule has 1 fully saturated rings. The number of cyclic esters (lactones) is 2. The summed E-state index contributed by atoms with van der Waals surface area (Å²) in [6, 6.07) is 17.9. The van der Waals surface area contributed by atoms with Crippen LogP contribution in [0.25, 0.3) is 0 Å². The molecule has 0 aromatic heterocycles. The zero-order valence-corrected chi connectivity index (χ0v) is 55.1. The molecule has 22 nitrogen and oxygen atoms in total. The zero-order valence-electron chi connectivity index (χ0n) is 54.3. The predicted molar refractivity (Wildman–Crippen MR) is 342 cm³/mol. The fourth-order valence-electron chi connectivity index (χ4n) is 9.86. The van der Waals surface area contributed by atoms with Crippen molar-refractivity contribution in [3.63, 3.8) is 0 Å². The van der Waals surface area contributed by atoms with Gasteiger partial charge < -0.3 is 69.6 Å². The van der Waals surface area contributed by atoms with Crippen LogP contribution in [0.4, 0.5) is 5.69 Å². The second-order valence-corrected chi connectivity index (χ2v) is 24.9. The van der Waals surface area contributed by atoms with Crippen LogP contribution < -0.4 is 31.7 Å². The summed E-state index contributed by atoms with van der Waals surface area (Å²) in [5.41, 5.74) is 8.55. The highest BCUT2D eigenvalue weighted by Gasteiger charge is 2.48. The largest absolute Gasteiger partial charge is 0.495 e. The number of aryl methyl sites for hydroxylation is 1. The Morgan fingerprint density at radius 3 is 2.11 bits per heavy atom. The Morgan fingerprint density at radius 1 is 0.802 bits per heavy atom. The van der Waals surface area contributed by atoms with Crippen molar-refractivity contribution in [2.75, 3.05) is 78.9 Å². The Labute approximate surface area is 540 Å². The average Bonchev–Trinajstić information content (AvgIpc) is 1.68. The number of carbonyl (C=O) groups excluding carboxylic acids is 8. The third-order valence-electron chi connectivity index (χ3n) is 15.7. The Bertz CT molecular complexity index is 2850. The number of methoxy groups -OCH3 is 2. The minimum atomic E-state index is -1.27. The SMILES string of the molecule is COCCOCCOCCOCCC(=O)NCCCC[C@H](CC(=O)[C@@H](N)C(C)C)C(=O)Nc1ccc(COC(=O)CCc2ccc([C@H]3O[C@@H]3[C@@H](C)[C@@H]3C/C=C/C(=O)N[C@H](Cc4ccc(OC)c(Cl)c4)C(=O)NCC(C)(C)C(=O)O[C@@H](CC(C)C)C(=O)O3)cc2)cc1. The van der Waals surface area contributed by atoms with Gasteiger partial charge in [0, 0.05) is 69.8 Å². The Kier molecular flexibility index (Phi) is 32.0. The summed E-state index contributed by atoms with van der Waals surface area (Å²) in [5, 5.41) is 11.7. The summed E-state index contributed by atoms with van der Waals surface area (Å²) in [7, 11) is 3.10. The van der Waals surface area contributed by atoms with Crippen molar-refractivity contribution in [3.05, 3.63) is 106 Å². The molecule has 8 atom stereocenters. The number of hydrogen-bond acceptors (Lipinski definition) is 18. The van der Waals surface area contributed by atoms with Gasteiger partial charge in [-0.1, -0.05) is 101 Å². The van der Waals surface area contributed by atoms with Crippen molar-refractivity contribution in [1.82, 2.24) is 16.0 Å². The molecule has 0 radical (unpaired) electrons. The number of ether oxygens (including phenoxy) is 9. The first-order valence-corrected chi connectivity index (χ1v) is 31.9. The highest BCUT2D eigenvalue weighted by Crippen LogP contribution is 2.45. The van der Waals surface area contributed by atoms with E-state index in [0.29, 0.717) is 99.5 Å². The van der Waals surface area contributed by atoms with Gasteiger partial charge in [0.2, 0.25) is 23.6 Å². The van der Waals surface area contributed by atoms with Gasteiger partial charge in [-0.05, 0) is 104 Å². The number of amides is 4. The van der Waals surface area contributed by atoms with Crippen molar-refractivity contribution in [1.29, 1.82) is 0 Å². The van der Waals surface area contributed by atoms with Crippen LogP contribution in [0.2, 0.25) is 5.02 Å². The van der Waals surface area contributed by atoms with Crippen LogP contribution in [0.15, 0.2) is 78.9 Å². The van der Waals surface area contributed by atoms with Crippen LogP contribution in [-0.2, 0) is 95.7 Å². The van der Waals surface area contributed by atoms with E-state index in [1.165, 1.54) is 13.2 Å². The smallest absolute Gasteiger partial charge is 0.347 e. The molecule has 0 aliphatic carbocycles. The van der Waals surface area contributed by atoms with Crippen LogP contribution in [0, 0.1) is 29.1 Å². The Morgan fingerprint density at radius 2 is 1.46 bits per heavy atom. The lowest BCUT2D eigenvalue weighted by atomic mass is 9.89. The second kappa shape index (κ2) is 38.9. The lowest BCUT2D eigenvalue weighted by Crippen LogP contribution is -2.51. The third kappa shape index (κ3) is 26.8. The molecule has 6 N–H and O–H groups in total. The zero-order chi connectivity index (χ0) is 66.5. The topological polar surface area (TPSA) is 297 Å². The molecular formula is C68H96ClN5O17. The van der Waals surface area contributed by atoms with Gasteiger partial charge in [-0.2, -0.15) is 0 Å². The third-order valence-corrected chi connectivity index (χ3v) is 16.0. The van der Waals surface area contributed by atoms with Crippen molar-refractivity contribution >= 4 is 64.6 Å². The predicted octanol–water partition coefficient (Wildman–Crippen LogP) is 7.67. The number of unbranched alkanes of at least 4 members (excludes halogenated alkanes) is 1. The van der Waals surface area contributed by atoms with Gasteiger partial charge in [-0.25, -0.2) is 4.79 Å². The first kappa shape index (κ1) is 74.9. The molecule has 5 rings (SSSR count). The van der Waals surface area contributed by atoms with E-state index in [9.17, 15) is 38.4 Å². The van der Waals surface area contributed by atoms with Gasteiger partial charge >= 0.3 is 17.9 Å². The minimum absolute atomic E-state index is 0.0153. The molecule has 0 saturated carbocycles. The molecule has 4 amide bonds. The maximum atomic E-state index is 14.0. The summed E-state index contributed by atoms with van der Waals surface area (Å²) in [6.07, 6.45) is 2.78. The first-order valence-electron chi connectivity index (χ1n) is 31.5. The van der Waals surface area contributed by atoms with Crippen LogP contribution in [0.5, 0.6) is 5.75 Å². The lowest BCUT2D eigenvalue weighted by molar-refractivity contribution is -0.179. The van der Waals surface area contributed by atoms with E-state index in [-0.39, 0.29) is 99.9 Å². The Hall–Kier alpha value is -6.79. The molecule has 3 aromatic rings. The highest BCUT2D eigenvalue weighted by molar-refractivity contribution is 6.32. The number of Topliss-reactive ketones (excluding diaryl/α,β-unsaturated/α-hetero) is 1. The summed E-state index contributed by atoms with van der Waals surface area (Å²) in [4.78, 5) is 107. The molecule has 2 aliphatic heterocycles. The molecule has 23 heteroatoms. The maximum absolute atomic E-state index is 14.0. The number of ketones is 1. The number of halogens is 1. The number of hydrogen-bond donors (Lipinski definition) is 5. The molecule has 2 aliphatic rings. The molecular weight excluding hydrogens is 1190 g/mol. The molecule has 0 unspecified atom stereocenters. The van der Waals surface area contributed by atoms with Crippen molar-refractivity contribution in [2.45, 2.75) is 156 Å². The number of esters is 3. The van der Waals surface area contributed by atoms with Crippen molar-refractivity contribution in [2.24, 2.45) is 34.8 Å². The highest BCUT2D eigenvalue weighted by atomic mass is 35.5. The van der Waals surface area contributed by atoms with E-state index in [1.54, 1.807) is 69.5 Å². The van der Waals surface area contributed by atoms with Gasteiger partial charge in [0.25, 0.3) is 0 Å². The van der Waals surface area contributed by atoms with Gasteiger partial charge in [0.1, 0.15) is 30.6 Å². The number of epoxide rings is 1. The fourth-order valence-corrected chi connectivity index (χ4v) is 10.1. The van der Waals surface area contributed by atoms with E-state index < -0.39 is 71.3 Å². The van der Waals surface area contributed by atoms with E-state index in [2.05, 4.69) is 21.3 Å². The fraction of sp³-hybridized carbons (Fsp3) is 0.588. The average molecular weight is 1290 g/mol. The molecule has 502 valence electrons. The molecule has 1 saturated heterocycles. The number of nitrogens with one attached hydrogen (secondary N) is 4. The van der Waals surface area contributed by atoms with Crippen molar-refractivity contribution < 1.29 is 81.0 Å². The standard InChI is InChI=1S/C68H96ClN5O17/c1-43(2)37-57-66(81)89-55(14-12-15-59(77)74-53(39-48-20-26-56(84-9)52(69)38-48)65(80)72-42-68(6,7)67(82)90-57)45(5)62-63(91-62)49-22-16-46(17-23-49)21-27-60(78)88-41-47-18-24-51(25-19-47)73-64(79)50(40-54(75)61(70)44(3)4)13-10-11-29-71-58(76)28-30-85-33-34-87-36-35-86-32-31-83-8/h12,15-20,22-26,38,43-45,50,53,55,57,61-63H,10-11,13-14,21,27-37,39-42,70H2,1-9H3,(H,71,76)(H,72,80)(H,73,79)(H,74,77)/b15-12+/t45-,50+,53+,55-,57-,61-,62+,63+/m0/s1. The van der Waals surface area contributed by atoms with Crippen LogP contribution in [-0.4, -0.2) is 151 Å². The monoisotopic (exact) mass is 1290 g/mol. The summed E-state index contributed by atoms with van der Waals surface area (Å²) < 4.78 is 50.3. The number of anilines is 1. The van der Waals surface area contributed by atoms with E-state index in [4.69, 9.17) is 60.0 Å². The number of rotatable bonds is 36. The van der Waals surface area contributed by atoms with Crippen LogP contribution >= 0.6 is 11.6 Å². The lowest BCUT2D eigenvalue weighted by Gasteiger charge is -2.29. The maximum Gasteiger partial charge on any atom is 0.347 e. The van der Waals surface area contributed by atoms with E-state index in [1.807, 2.05) is 58.9 Å². The van der Waals surface area contributed by atoms with E-state index in [0.717, 1.165) is 11.1 Å². The van der Waals surface area contributed by atoms with Gasteiger partial charge in [-0.3, -0.25) is 33.6 Å². The summed E-state index contributed by atoms with van der Waals surface area (Å²) >= 11 is 6.39. The number of benzene rings is 3. The molecule has 0 spiro atoms. The number of carbonyl (C=O) groups is 8. The minimum Gasteiger partial charge on any atom is -0.495 e.